The summed E-state index contributed by atoms with van der Waals surface area (Å²) in [4.78, 5) is 1.40. The number of fused-ring (bicyclic) bond motifs is 1. The smallest absolute Gasteiger partial charge is 0.119 e. The standard InChI is InChI=1S/C16H14Br2OS/c17-9-12-7-13(5-6-15(12)18)19-10-14-8-11-3-1-2-4-16(11)20-14/h1-7,14H,8-10H2. The Balaban J connectivity index is 1.61. The van der Waals surface area contributed by atoms with Gasteiger partial charge in [0.05, 0.1) is 0 Å². The fraction of sp³-hybridized carbons (Fsp3) is 0.250. The van der Waals surface area contributed by atoms with E-state index in [9.17, 15) is 0 Å². The fourth-order valence-corrected chi connectivity index (χ4v) is 4.72. The first kappa shape index (κ1) is 14.5. The third-order valence-electron chi connectivity index (χ3n) is 3.31. The Morgan fingerprint density at radius 3 is 2.85 bits per heavy atom. The predicted molar refractivity (Wildman–Crippen MR) is 92.1 cm³/mol. The van der Waals surface area contributed by atoms with Gasteiger partial charge in [-0.05, 0) is 41.8 Å². The maximum Gasteiger partial charge on any atom is 0.119 e. The highest BCUT2D eigenvalue weighted by Crippen LogP contribution is 2.37. The Morgan fingerprint density at radius 1 is 1.20 bits per heavy atom. The lowest BCUT2D eigenvalue weighted by Gasteiger charge is -2.12. The van der Waals surface area contributed by atoms with Crippen molar-refractivity contribution >= 4 is 43.6 Å². The van der Waals surface area contributed by atoms with Gasteiger partial charge in [-0.25, -0.2) is 0 Å². The minimum atomic E-state index is 0.517. The zero-order valence-corrected chi connectivity index (χ0v) is 14.8. The molecule has 1 nitrogen and oxygen atoms in total. The van der Waals surface area contributed by atoms with Crippen LogP contribution < -0.4 is 4.74 Å². The zero-order valence-electron chi connectivity index (χ0n) is 10.8. The Bertz CT molecular complexity index is 590. The van der Waals surface area contributed by atoms with Crippen LogP contribution in [0.1, 0.15) is 11.1 Å². The summed E-state index contributed by atoms with van der Waals surface area (Å²) < 4.78 is 7.07. The normalized spacial score (nSPS) is 17.0. The van der Waals surface area contributed by atoms with Crippen LogP contribution in [-0.4, -0.2) is 11.9 Å². The Morgan fingerprint density at radius 2 is 2.05 bits per heavy atom. The summed E-state index contributed by atoms with van der Waals surface area (Å²) in [7, 11) is 0. The molecule has 0 saturated heterocycles. The summed E-state index contributed by atoms with van der Waals surface area (Å²) in [6, 6.07) is 14.8. The third-order valence-corrected chi connectivity index (χ3v) is 5.98. The van der Waals surface area contributed by atoms with Gasteiger partial charge in [0.15, 0.2) is 0 Å². The Kier molecular flexibility index (Phi) is 4.74. The van der Waals surface area contributed by atoms with E-state index in [4.69, 9.17) is 4.74 Å². The van der Waals surface area contributed by atoms with Crippen molar-refractivity contribution in [3.05, 3.63) is 58.1 Å². The lowest BCUT2D eigenvalue weighted by Crippen LogP contribution is -2.13. The van der Waals surface area contributed by atoms with Crippen molar-refractivity contribution in [1.82, 2.24) is 0 Å². The van der Waals surface area contributed by atoms with Crippen molar-refractivity contribution in [3.8, 4) is 5.75 Å². The maximum absolute atomic E-state index is 5.96. The molecule has 20 heavy (non-hydrogen) atoms. The third kappa shape index (κ3) is 3.23. The number of rotatable bonds is 4. The van der Waals surface area contributed by atoms with Gasteiger partial charge in [-0.3, -0.25) is 0 Å². The molecule has 2 aromatic rings. The van der Waals surface area contributed by atoms with E-state index in [0.29, 0.717) is 5.25 Å². The Labute approximate surface area is 140 Å². The largest absolute Gasteiger partial charge is 0.492 e. The molecule has 0 N–H and O–H groups in total. The van der Waals surface area contributed by atoms with Crippen LogP contribution in [0.5, 0.6) is 5.75 Å². The summed E-state index contributed by atoms with van der Waals surface area (Å²) >= 11 is 8.95. The Hall–Kier alpha value is -0.450. The number of hydrogen-bond acceptors (Lipinski definition) is 2. The van der Waals surface area contributed by atoms with E-state index in [1.54, 1.807) is 0 Å². The van der Waals surface area contributed by atoms with E-state index in [1.807, 2.05) is 23.9 Å². The minimum absolute atomic E-state index is 0.517. The molecule has 1 aliphatic rings. The van der Waals surface area contributed by atoms with Gasteiger partial charge < -0.3 is 4.74 Å². The topological polar surface area (TPSA) is 9.23 Å². The molecule has 104 valence electrons. The SMILES string of the molecule is BrCc1cc(OCC2Cc3ccccc3S2)ccc1Br. The predicted octanol–water partition coefficient (Wildman–Crippen LogP) is 5.44. The second-order valence-electron chi connectivity index (χ2n) is 4.75. The molecule has 0 aliphatic carbocycles. The monoisotopic (exact) mass is 412 g/mol. The molecule has 0 radical (unpaired) electrons. The van der Waals surface area contributed by atoms with Gasteiger partial charge in [0.2, 0.25) is 0 Å². The van der Waals surface area contributed by atoms with Gasteiger partial charge in [0.25, 0.3) is 0 Å². The molecule has 0 amide bonds. The van der Waals surface area contributed by atoms with Gasteiger partial charge in [-0.1, -0.05) is 50.1 Å². The molecule has 0 spiro atoms. The molecule has 3 rings (SSSR count). The van der Waals surface area contributed by atoms with E-state index >= 15 is 0 Å². The minimum Gasteiger partial charge on any atom is -0.492 e. The first-order chi connectivity index (χ1) is 9.76. The molecule has 4 heteroatoms. The number of ether oxygens (including phenoxy) is 1. The molecule has 1 atom stereocenters. The van der Waals surface area contributed by atoms with Crippen molar-refractivity contribution in [1.29, 1.82) is 0 Å². The van der Waals surface area contributed by atoms with Gasteiger partial charge in [0.1, 0.15) is 12.4 Å². The number of hydrogen-bond donors (Lipinski definition) is 0. The lowest BCUT2D eigenvalue weighted by molar-refractivity contribution is 0.317. The van der Waals surface area contributed by atoms with Crippen LogP contribution in [0.15, 0.2) is 51.8 Å². The average molecular weight is 414 g/mol. The summed E-state index contributed by atoms with van der Waals surface area (Å²) in [6.07, 6.45) is 1.10. The van der Waals surface area contributed by atoms with E-state index in [1.165, 1.54) is 16.0 Å². The number of alkyl halides is 1. The molecule has 1 heterocycles. The summed E-state index contributed by atoms with van der Waals surface area (Å²) in [5.74, 6) is 0.944. The second kappa shape index (κ2) is 6.54. The van der Waals surface area contributed by atoms with Crippen molar-refractivity contribution < 1.29 is 4.74 Å². The molecule has 0 saturated carbocycles. The van der Waals surface area contributed by atoms with Gasteiger partial charge >= 0.3 is 0 Å². The van der Waals surface area contributed by atoms with Crippen LogP contribution in [0.3, 0.4) is 0 Å². The van der Waals surface area contributed by atoms with Gasteiger partial charge in [0, 0.05) is 19.9 Å². The fourth-order valence-electron chi connectivity index (χ4n) is 2.28. The number of thioether (sulfide) groups is 1. The van der Waals surface area contributed by atoms with Crippen LogP contribution in [0.2, 0.25) is 0 Å². The summed E-state index contributed by atoms with van der Waals surface area (Å²) in [5, 5.41) is 1.34. The van der Waals surface area contributed by atoms with Gasteiger partial charge in [-0.15, -0.1) is 11.8 Å². The van der Waals surface area contributed by atoms with Crippen LogP contribution in [0.4, 0.5) is 0 Å². The van der Waals surface area contributed by atoms with Crippen molar-refractivity contribution in [3.63, 3.8) is 0 Å². The van der Waals surface area contributed by atoms with Crippen LogP contribution >= 0.6 is 43.6 Å². The summed E-state index contributed by atoms with van der Waals surface area (Å²) in [5.41, 5.74) is 2.66. The van der Waals surface area contributed by atoms with Crippen molar-refractivity contribution in [2.75, 3.05) is 6.61 Å². The highest BCUT2D eigenvalue weighted by Gasteiger charge is 2.22. The molecule has 0 bridgehead atoms. The molecule has 1 aliphatic heterocycles. The molecular weight excluding hydrogens is 400 g/mol. The van der Waals surface area contributed by atoms with E-state index < -0.39 is 0 Å². The quantitative estimate of drug-likeness (QED) is 0.617. The van der Waals surface area contributed by atoms with Gasteiger partial charge in [-0.2, -0.15) is 0 Å². The molecular formula is C16H14Br2OS. The van der Waals surface area contributed by atoms with Crippen molar-refractivity contribution in [2.24, 2.45) is 0 Å². The molecule has 2 aromatic carbocycles. The molecule has 0 fully saturated rings. The van der Waals surface area contributed by atoms with Crippen LogP contribution in [0.25, 0.3) is 0 Å². The molecule has 0 aromatic heterocycles. The van der Waals surface area contributed by atoms with E-state index in [0.717, 1.165) is 28.6 Å². The number of benzene rings is 2. The summed E-state index contributed by atoms with van der Waals surface area (Å²) in [6.45, 7) is 0.753. The highest BCUT2D eigenvalue weighted by molar-refractivity contribution is 9.10. The molecule has 1 unspecified atom stereocenters. The highest BCUT2D eigenvalue weighted by atomic mass is 79.9. The van der Waals surface area contributed by atoms with E-state index in [-0.39, 0.29) is 0 Å². The first-order valence-corrected chi connectivity index (χ1v) is 9.27. The maximum atomic E-state index is 5.96. The lowest BCUT2D eigenvalue weighted by atomic mass is 10.1. The average Bonchev–Trinajstić information content (AvgIpc) is 2.89. The van der Waals surface area contributed by atoms with Crippen LogP contribution in [-0.2, 0) is 11.8 Å². The number of halogens is 2. The van der Waals surface area contributed by atoms with Crippen LogP contribution in [0, 0.1) is 0 Å². The zero-order chi connectivity index (χ0) is 13.9. The van der Waals surface area contributed by atoms with E-state index in [2.05, 4.69) is 62.2 Å². The second-order valence-corrected chi connectivity index (χ2v) is 7.51. The first-order valence-electron chi connectivity index (χ1n) is 6.48. The van der Waals surface area contributed by atoms with Crippen molar-refractivity contribution in [2.45, 2.75) is 21.9 Å².